The Morgan fingerprint density at radius 2 is 2.22 bits per heavy atom. The van der Waals surface area contributed by atoms with Gasteiger partial charge in [-0.3, -0.25) is 0 Å². The summed E-state index contributed by atoms with van der Waals surface area (Å²) in [6, 6.07) is 0.139. The number of nitrogens with zero attached hydrogens (tertiary/aromatic N) is 3. The van der Waals surface area contributed by atoms with Crippen LogP contribution in [0.15, 0.2) is 11.4 Å². The van der Waals surface area contributed by atoms with Gasteiger partial charge >= 0.3 is 0 Å². The van der Waals surface area contributed by atoms with Crippen molar-refractivity contribution >= 4 is 21.6 Å². The maximum atomic E-state index is 12.5. The van der Waals surface area contributed by atoms with Crippen LogP contribution in [0.25, 0.3) is 0 Å². The van der Waals surface area contributed by atoms with Crippen LogP contribution in [0.3, 0.4) is 0 Å². The summed E-state index contributed by atoms with van der Waals surface area (Å²) in [5.41, 5.74) is 0. The highest BCUT2D eigenvalue weighted by atomic mass is 35.5. The van der Waals surface area contributed by atoms with E-state index < -0.39 is 10.0 Å². The van der Waals surface area contributed by atoms with Crippen LogP contribution in [-0.4, -0.2) is 34.9 Å². The van der Waals surface area contributed by atoms with E-state index in [-0.39, 0.29) is 16.2 Å². The van der Waals surface area contributed by atoms with Crippen LogP contribution < -0.4 is 0 Å². The number of halogens is 1. The first-order valence-electron chi connectivity index (χ1n) is 6.17. The molecular weight excluding hydrogens is 274 g/mol. The summed E-state index contributed by atoms with van der Waals surface area (Å²) in [6.07, 6.45) is 5.13. The highest BCUT2D eigenvalue weighted by Crippen LogP contribution is 2.33. The number of rotatable bonds is 6. The van der Waals surface area contributed by atoms with E-state index in [1.54, 1.807) is 11.4 Å². The molecule has 0 aliphatic heterocycles. The van der Waals surface area contributed by atoms with Crippen molar-refractivity contribution in [2.75, 3.05) is 6.54 Å². The first-order chi connectivity index (χ1) is 8.48. The minimum atomic E-state index is -3.55. The van der Waals surface area contributed by atoms with Gasteiger partial charge in [-0.25, -0.2) is 13.4 Å². The van der Waals surface area contributed by atoms with Gasteiger partial charge in [0.2, 0.25) is 5.03 Å². The molecule has 0 N–H and O–H groups in total. The molecule has 7 heteroatoms. The molecular formula is C11H18ClN3O2S. The van der Waals surface area contributed by atoms with Crippen molar-refractivity contribution in [1.29, 1.82) is 0 Å². The molecule has 1 heterocycles. The Bertz CT molecular complexity index is 522. The fourth-order valence-corrected chi connectivity index (χ4v) is 3.97. The fraction of sp³-hybridized carbons (Fsp3) is 0.727. The molecule has 0 bridgehead atoms. The zero-order valence-corrected chi connectivity index (χ0v) is 12.2. The van der Waals surface area contributed by atoms with Gasteiger partial charge in [0.25, 0.3) is 10.0 Å². The minimum absolute atomic E-state index is 0.0188. The van der Waals surface area contributed by atoms with Gasteiger partial charge < -0.3 is 4.57 Å². The second-order valence-electron chi connectivity index (χ2n) is 4.65. The van der Waals surface area contributed by atoms with E-state index >= 15 is 0 Å². The molecule has 18 heavy (non-hydrogen) atoms. The Balaban J connectivity index is 2.30. The van der Waals surface area contributed by atoms with Crippen LogP contribution >= 0.6 is 11.6 Å². The number of aromatic nitrogens is 2. The molecule has 0 aromatic carbocycles. The molecule has 102 valence electrons. The van der Waals surface area contributed by atoms with E-state index in [0.29, 0.717) is 6.54 Å². The number of imidazole rings is 1. The predicted octanol–water partition coefficient (Wildman–Crippen LogP) is 2.03. The molecule has 1 aliphatic rings. The van der Waals surface area contributed by atoms with Crippen molar-refractivity contribution < 1.29 is 8.42 Å². The lowest BCUT2D eigenvalue weighted by molar-refractivity contribution is 0.394. The van der Waals surface area contributed by atoms with Gasteiger partial charge in [-0.2, -0.15) is 4.31 Å². The van der Waals surface area contributed by atoms with Gasteiger partial charge in [-0.05, 0) is 19.3 Å². The Labute approximate surface area is 113 Å². The van der Waals surface area contributed by atoms with E-state index in [4.69, 9.17) is 11.6 Å². The van der Waals surface area contributed by atoms with Crippen LogP contribution in [0.1, 0.15) is 32.6 Å². The van der Waals surface area contributed by atoms with E-state index in [2.05, 4.69) is 4.98 Å². The molecule has 0 radical (unpaired) electrons. The molecule has 1 aliphatic carbocycles. The van der Waals surface area contributed by atoms with Crippen molar-refractivity contribution in [1.82, 2.24) is 13.9 Å². The third-order valence-corrected chi connectivity index (χ3v) is 5.52. The topological polar surface area (TPSA) is 55.2 Å². The van der Waals surface area contributed by atoms with Crippen LogP contribution in [0.4, 0.5) is 0 Å². The maximum Gasteiger partial charge on any atom is 0.263 e. The summed E-state index contributed by atoms with van der Waals surface area (Å²) < 4.78 is 28.1. The predicted molar refractivity (Wildman–Crippen MR) is 70.0 cm³/mol. The lowest BCUT2D eigenvalue weighted by Crippen LogP contribution is -2.34. The highest BCUT2D eigenvalue weighted by molar-refractivity contribution is 7.89. The molecule has 0 atom stereocenters. The lowest BCUT2D eigenvalue weighted by Gasteiger charge is -2.20. The molecule has 0 amide bonds. The Hall–Kier alpha value is -0.590. The van der Waals surface area contributed by atoms with E-state index in [1.807, 2.05) is 6.92 Å². The molecule has 1 fully saturated rings. The Kier molecular flexibility index (Phi) is 3.99. The van der Waals surface area contributed by atoms with Crippen LogP contribution in [-0.2, 0) is 17.1 Å². The third-order valence-electron chi connectivity index (χ3n) is 3.07. The van der Waals surface area contributed by atoms with Gasteiger partial charge in [0.05, 0.1) is 6.33 Å². The van der Waals surface area contributed by atoms with E-state index in [9.17, 15) is 8.42 Å². The van der Waals surface area contributed by atoms with Crippen LogP contribution in [0, 0.1) is 0 Å². The SMILES string of the molecule is CCCCN(C1CC1)S(=O)(=O)c1ncn(C)c1Cl. The van der Waals surface area contributed by atoms with Gasteiger partial charge in [0.15, 0.2) is 0 Å². The number of sulfonamides is 1. The normalized spacial score (nSPS) is 16.4. The van der Waals surface area contributed by atoms with Crippen LogP contribution in [0.2, 0.25) is 5.15 Å². The summed E-state index contributed by atoms with van der Waals surface area (Å²) in [5.74, 6) is 0. The summed E-state index contributed by atoms with van der Waals surface area (Å²) in [7, 11) is -1.87. The molecule has 2 rings (SSSR count). The van der Waals surface area contributed by atoms with Gasteiger partial charge in [0, 0.05) is 19.6 Å². The average molecular weight is 292 g/mol. The summed E-state index contributed by atoms with van der Waals surface area (Å²) in [5, 5.41) is 0.159. The van der Waals surface area contributed by atoms with E-state index in [0.717, 1.165) is 25.7 Å². The Morgan fingerprint density at radius 3 is 2.67 bits per heavy atom. The van der Waals surface area contributed by atoms with Crippen molar-refractivity contribution in [3.63, 3.8) is 0 Å². The van der Waals surface area contributed by atoms with Crippen LogP contribution in [0.5, 0.6) is 0 Å². The summed E-state index contributed by atoms with van der Waals surface area (Å²) in [6.45, 7) is 2.60. The second-order valence-corrected chi connectivity index (χ2v) is 6.82. The molecule has 1 saturated carbocycles. The minimum Gasteiger partial charge on any atom is -0.324 e. The third kappa shape index (κ3) is 2.55. The zero-order chi connectivity index (χ0) is 13.3. The van der Waals surface area contributed by atoms with Crippen molar-refractivity contribution in [2.45, 2.75) is 43.7 Å². The molecule has 5 nitrogen and oxygen atoms in total. The first-order valence-corrected chi connectivity index (χ1v) is 7.99. The quantitative estimate of drug-likeness (QED) is 0.806. The second kappa shape index (κ2) is 5.19. The monoisotopic (exact) mass is 291 g/mol. The summed E-state index contributed by atoms with van der Waals surface area (Å²) >= 11 is 5.99. The maximum absolute atomic E-state index is 12.5. The number of unbranched alkanes of at least 4 members (excludes halogenated alkanes) is 1. The lowest BCUT2D eigenvalue weighted by atomic mass is 10.3. The van der Waals surface area contributed by atoms with Gasteiger partial charge in [-0.15, -0.1) is 0 Å². The standard InChI is InChI=1S/C11H18ClN3O2S/c1-3-4-7-15(9-5-6-9)18(16,17)11-10(12)14(2)8-13-11/h8-9H,3-7H2,1-2H3. The Morgan fingerprint density at radius 1 is 1.56 bits per heavy atom. The zero-order valence-electron chi connectivity index (χ0n) is 10.6. The molecule has 1 aromatic heterocycles. The van der Waals surface area contributed by atoms with Crippen molar-refractivity contribution in [3.8, 4) is 0 Å². The van der Waals surface area contributed by atoms with Crippen molar-refractivity contribution in [2.24, 2.45) is 7.05 Å². The van der Waals surface area contributed by atoms with Gasteiger partial charge in [-0.1, -0.05) is 24.9 Å². The van der Waals surface area contributed by atoms with E-state index in [1.165, 1.54) is 10.9 Å². The highest BCUT2D eigenvalue weighted by Gasteiger charge is 2.39. The number of hydrogen-bond acceptors (Lipinski definition) is 3. The fourth-order valence-electron chi connectivity index (χ4n) is 1.85. The summed E-state index contributed by atoms with van der Waals surface area (Å²) in [4.78, 5) is 3.93. The molecule has 0 unspecified atom stereocenters. The number of hydrogen-bond donors (Lipinski definition) is 0. The van der Waals surface area contributed by atoms with Gasteiger partial charge in [0.1, 0.15) is 5.15 Å². The number of aryl methyl sites for hydroxylation is 1. The van der Waals surface area contributed by atoms with Crippen molar-refractivity contribution in [3.05, 3.63) is 11.5 Å². The molecule has 1 aromatic rings. The smallest absolute Gasteiger partial charge is 0.263 e. The molecule has 0 spiro atoms. The molecule has 0 saturated heterocycles. The first kappa shape index (κ1) is 13.8. The largest absolute Gasteiger partial charge is 0.324 e. The average Bonchev–Trinajstić information content (AvgIpc) is 3.07.